The van der Waals surface area contributed by atoms with Gasteiger partial charge in [-0.15, -0.1) is 0 Å². The van der Waals surface area contributed by atoms with E-state index in [1.54, 1.807) is 0 Å². The second kappa shape index (κ2) is 6.12. The van der Waals surface area contributed by atoms with Gasteiger partial charge in [-0.25, -0.2) is 14.8 Å². The molecule has 1 unspecified atom stereocenters. The van der Waals surface area contributed by atoms with Gasteiger partial charge in [0.1, 0.15) is 16.9 Å². The van der Waals surface area contributed by atoms with Crippen LogP contribution >= 0.6 is 11.6 Å². The van der Waals surface area contributed by atoms with Crippen molar-refractivity contribution >= 4 is 23.5 Å². The number of hydrogen-bond donors (Lipinski definition) is 3. The molecule has 0 bridgehead atoms. The fraction of sp³-hybridized carbons (Fsp3) is 0.333. The molecule has 7 nitrogen and oxygen atoms in total. The van der Waals surface area contributed by atoms with E-state index < -0.39 is 17.9 Å². The van der Waals surface area contributed by atoms with E-state index in [0.29, 0.717) is 0 Å². The third kappa shape index (κ3) is 3.97. The number of nitrogens with zero attached hydrogens (tertiary/aromatic N) is 2. The Balaban J connectivity index is 2.70. The van der Waals surface area contributed by atoms with Gasteiger partial charge in [0.25, 0.3) is 5.91 Å². The van der Waals surface area contributed by atoms with E-state index in [1.165, 1.54) is 6.20 Å². The van der Waals surface area contributed by atoms with E-state index in [9.17, 15) is 9.59 Å². The monoisotopic (exact) mass is 259 g/mol. The molecule has 1 aromatic heterocycles. The molecule has 0 radical (unpaired) electrons. The lowest BCUT2D eigenvalue weighted by atomic mass is 10.2. The van der Waals surface area contributed by atoms with Crippen molar-refractivity contribution in [1.82, 2.24) is 15.3 Å². The number of carbonyl (C=O) groups excluding carboxylic acids is 1. The first-order chi connectivity index (χ1) is 8.04. The van der Waals surface area contributed by atoms with Crippen LogP contribution in [0, 0.1) is 0 Å². The lowest BCUT2D eigenvalue weighted by Crippen LogP contribution is -2.41. The Bertz CT molecular complexity index is 409. The number of aliphatic carboxylic acids is 1. The van der Waals surface area contributed by atoms with Gasteiger partial charge in [-0.1, -0.05) is 11.6 Å². The molecule has 0 spiro atoms. The Kier molecular flexibility index (Phi) is 4.80. The summed E-state index contributed by atoms with van der Waals surface area (Å²) in [6.45, 7) is -0.344. The first-order valence-electron chi connectivity index (χ1n) is 4.66. The summed E-state index contributed by atoms with van der Waals surface area (Å²) in [5, 5.41) is 19.7. The minimum atomic E-state index is -1.23. The molecule has 0 aliphatic heterocycles. The first-order valence-corrected chi connectivity index (χ1v) is 5.04. The van der Waals surface area contributed by atoms with Crippen LogP contribution in [0.15, 0.2) is 12.4 Å². The zero-order chi connectivity index (χ0) is 12.8. The highest BCUT2D eigenvalue weighted by molar-refractivity contribution is 6.29. The predicted octanol–water partition coefficient (Wildman–Crippen LogP) is -0.305. The molecule has 0 aromatic carbocycles. The normalized spacial score (nSPS) is 11.9. The maximum Gasteiger partial charge on any atom is 0.326 e. The molecule has 17 heavy (non-hydrogen) atoms. The first kappa shape index (κ1) is 13.3. The van der Waals surface area contributed by atoms with E-state index in [0.717, 1.165) is 6.20 Å². The highest BCUT2D eigenvalue weighted by Gasteiger charge is 2.20. The highest BCUT2D eigenvalue weighted by atomic mass is 35.5. The van der Waals surface area contributed by atoms with E-state index in [2.05, 4.69) is 15.3 Å². The van der Waals surface area contributed by atoms with E-state index >= 15 is 0 Å². The number of carboxylic acids is 1. The van der Waals surface area contributed by atoms with Gasteiger partial charge < -0.3 is 15.5 Å². The summed E-state index contributed by atoms with van der Waals surface area (Å²) in [5.74, 6) is -1.91. The molecule has 1 heterocycles. The molecule has 1 aromatic rings. The summed E-state index contributed by atoms with van der Waals surface area (Å²) in [5.41, 5.74) is -0.0430. The summed E-state index contributed by atoms with van der Waals surface area (Å²) < 4.78 is 0. The Labute approximate surface area is 101 Å². The molecule has 1 amide bonds. The molecule has 0 fully saturated rings. The number of aliphatic hydroxyl groups is 1. The second-order valence-electron chi connectivity index (χ2n) is 3.10. The van der Waals surface area contributed by atoms with Crippen LogP contribution in [0.25, 0.3) is 0 Å². The van der Waals surface area contributed by atoms with Crippen molar-refractivity contribution in [2.24, 2.45) is 0 Å². The minimum absolute atomic E-state index is 0.0430. The number of nitrogens with one attached hydrogen (secondary N) is 1. The lowest BCUT2D eigenvalue weighted by Gasteiger charge is -2.12. The quantitative estimate of drug-likeness (QED) is 0.669. The molecule has 92 valence electrons. The van der Waals surface area contributed by atoms with E-state index in [1.807, 2.05) is 0 Å². The van der Waals surface area contributed by atoms with Crippen molar-refractivity contribution in [1.29, 1.82) is 0 Å². The number of aromatic nitrogens is 2. The van der Waals surface area contributed by atoms with Crippen LogP contribution in [0.1, 0.15) is 16.9 Å². The number of amides is 1. The summed E-state index contributed by atoms with van der Waals surface area (Å²) in [4.78, 5) is 29.6. The van der Waals surface area contributed by atoms with Crippen LogP contribution in [0.4, 0.5) is 0 Å². The van der Waals surface area contributed by atoms with Crippen molar-refractivity contribution in [2.75, 3.05) is 6.61 Å². The Morgan fingerprint density at radius 3 is 2.59 bits per heavy atom. The van der Waals surface area contributed by atoms with Gasteiger partial charge in [0.05, 0.1) is 12.4 Å². The third-order valence-electron chi connectivity index (χ3n) is 1.87. The Hall–Kier alpha value is -1.73. The van der Waals surface area contributed by atoms with Gasteiger partial charge in [-0.2, -0.15) is 0 Å². The van der Waals surface area contributed by atoms with Crippen molar-refractivity contribution in [3.63, 3.8) is 0 Å². The van der Waals surface area contributed by atoms with Crippen LogP contribution < -0.4 is 5.32 Å². The Morgan fingerprint density at radius 2 is 2.12 bits per heavy atom. The van der Waals surface area contributed by atoms with Gasteiger partial charge in [-0.05, 0) is 0 Å². The molecule has 1 atom stereocenters. The fourth-order valence-electron chi connectivity index (χ4n) is 1.05. The fourth-order valence-corrected chi connectivity index (χ4v) is 1.15. The summed E-state index contributed by atoms with van der Waals surface area (Å²) >= 11 is 5.49. The van der Waals surface area contributed by atoms with Gasteiger partial charge >= 0.3 is 5.97 Å². The van der Waals surface area contributed by atoms with Crippen LogP contribution in [-0.4, -0.2) is 44.7 Å². The molecule has 0 aliphatic carbocycles. The van der Waals surface area contributed by atoms with E-state index in [-0.39, 0.29) is 23.9 Å². The molecular formula is C9H10ClN3O4. The zero-order valence-electron chi connectivity index (χ0n) is 8.63. The van der Waals surface area contributed by atoms with Crippen molar-refractivity contribution in [2.45, 2.75) is 12.5 Å². The Morgan fingerprint density at radius 1 is 1.41 bits per heavy atom. The van der Waals surface area contributed by atoms with Gasteiger partial charge in [-0.3, -0.25) is 4.79 Å². The number of carbonyl (C=O) groups is 2. The van der Waals surface area contributed by atoms with Crippen LogP contribution in [-0.2, 0) is 4.79 Å². The smallest absolute Gasteiger partial charge is 0.326 e. The number of rotatable bonds is 5. The average molecular weight is 260 g/mol. The van der Waals surface area contributed by atoms with E-state index in [4.69, 9.17) is 21.8 Å². The maximum atomic E-state index is 11.5. The SMILES string of the molecule is O=C(NC(CCO)C(=O)O)c1cnc(Cl)cn1. The lowest BCUT2D eigenvalue weighted by molar-refractivity contribution is -0.139. The predicted molar refractivity (Wildman–Crippen MR) is 57.6 cm³/mol. The molecule has 1 rings (SSSR count). The second-order valence-corrected chi connectivity index (χ2v) is 3.49. The van der Waals surface area contributed by atoms with Gasteiger partial charge in [0, 0.05) is 13.0 Å². The number of hydrogen-bond acceptors (Lipinski definition) is 5. The van der Waals surface area contributed by atoms with Crippen molar-refractivity contribution in [3.05, 3.63) is 23.2 Å². The average Bonchev–Trinajstić information content (AvgIpc) is 2.29. The maximum absolute atomic E-state index is 11.5. The molecule has 0 saturated heterocycles. The number of halogens is 1. The summed E-state index contributed by atoms with van der Waals surface area (Å²) in [6, 6.07) is -1.16. The zero-order valence-corrected chi connectivity index (χ0v) is 9.39. The van der Waals surface area contributed by atoms with Crippen molar-refractivity contribution in [3.8, 4) is 0 Å². The van der Waals surface area contributed by atoms with Gasteiger partial charge in [0.15, 0.2) is 0 Å². The van der Waals surface area contributed by atoms with Crippen LogP contribution in [0.3, 0.4) is 0 Å². The topological polar surface area (TPSA) is 112 Å². The third-order valence-corrected chi connectivity index (χ3v) is 2.07. The number of aliphatic hydroxyl groups excluding tert-OH is 1. The van der Waals surface area contributed by atoms with Crippen LogP contribution in [0.5, 0.6) is 0 Å². The minimum Gasteiger partial charge on any atom is -0.480 e. The number of carboxylic acid groups (broad SMARTS) is 1. The highest BCUT2D eigenvalue weighted by Crippen LogP contribution is 2.02. The summed E-state index contributed by atoms with van der Waals surface area (Å²) in [7, 11) is 0. The largest absolute Gasteiger partial charge is 0.480 e. The molecule has 3 N–H and O–H groups in total. The molecular weight excluding hydrogens is 250 g/mol. The van der Waals surface area contributed by atoms with Gasteiger partial charge in [0.2, 0.25) is 0 Å². The molecule has 8 heteroatoms. The van der Waals surface area contributed by atoms with Crippen LogP contribution in [0.2, 0.25) is 5.15 Å². The standard InChI is InChI=1S/C9H10ClN3O4/c10-7-4-11-6(3-12-7)8(15)13-5(1-2-14)9(16)17/h3-5,14H,1-2H2,(H,13,15)(H,16,17). The molecule has 0 saturated carbocycles. The summed E-state index contributed by atoms with van der Waals surface area (Å²) in [6.07, 6.45) is 2.23. The molecule has 0 aliphatic rings. The van der Waals surface area contributed by atoms with Crippen molar-refractivity contribution < 1.29 is 19.8 Å².